The van der Waals surface area contributed by atoms with E-state index in [2.05, 4.69) is 5.32 Å². The lowest BCUT2D eigenvalue weighted by Gasteiger charge is -2.35. The number of rotatable bonds is 2. The summed E-state index contributed by atoms with van der Waals surface area (Å²) in [7, 11) is -3.86. The molecule has 5 nitrogen and oxygen atoms in total. The Balaban J connectivity index is 2.46. The summed E-state index contributed by atoms with van der Waals surface area (Å²) in [5.74, 6) is -0.815. The molecule has 108 valence electrons. The SMILES string of the molecule is CC1CN(S(=O)(=O)c2cccc(F)c2C#N)CC(C)N1. The molecular weight excluding hydrogens is 281 g/mol. The van der Waals surface area contributed by atoms with E-state index in [0.717, 1.165) is 6.07 Å². The van der Waals surface area contributed by atoms with Crippen molar-refractivity contribution >= 4 is 10.0 Å². The van der Waals surface area contributed by atoms with Gasteiger partial charge in [0.25, 0.3) is 0 Å². The van der Waals surface area contributed by atoms with Crippen molar-refractivity contribution in [3.8, 4) is 6.07 Å². The fraction of sp³-hybridized carbons (Fsp3) is 0.462. The second-order valence-electron chi connectivity index (χ2n) is 5.02. The summed E-state index contributed by atoms with van der Waals surface area (Å²) < 4.78 is 40.1. The van der Waals surface area contributed by atoms with Crippen LogP contribution in [0.15, 0.2) is 23.1 Å². The summed E-state index contributed by atoms with van der Waals surface area (Å²) in [6.07, 6.45) is 0. The topological polar surface area (TPSA) is 73.2 Å². The van der Waals surface area contributed by atoms with Crippen LogP contribution in [0.4, 0.5) is 4.39 Å². The lowest BCUT2D eigenvalue weighted by molar-refractivity contribution is 0.263. The Hall–Kier alpha value is -1.49. The minimum absolute atomic E-state index is 0.00706. The fourth-order valence-corrected chi connectivity index (χ4v) is 4.21. The molecule has 2 rings (SSSR count). The summed E-state index contributed by atoms with van der Waals surface area (Å²) in [4.78, 5) is -0.263. The maximum Gasteiger partial charge on any atom is 0.244 e. The molecule has 2 atom stereocenters. The molecule has 1 N–H and O–H groups in total. The zero-order valence-electron chi connectivity index (χ0n) is 11.3. The Labute approximate surface area is 118 Å². The summed E-state index contributed by atoms with van der Waals surface area (Å²) in [5, 5.41) is 12.2. The minimum Gasteiger partial charge on any atom is -0.309 e. The Kier molecular flexibility index (Phi) is 4.09. The van der Waals surface area contributed by atoms with Crippen LogP contribution in [0.25, 0.3) is 0 Å². The van der Waals surface area contributed by atoms with E-state index in [9.17, 15) is 12.8 Å². The number of sulfonamides is 1. The lowest BCUT2D eigenvalue weighted by atomic mass is 10.2. The summed E-state index contributed by atoms with van der Waals surface area (Å²) >= 11 is 0. The molecule has 1 saturated heterocycles. The van der Waals surface area contributed by atoms with Crippen molar-refractivity contribution in [2.45, 2.75) is 30.8 Å². The van der Waals surface area contributed by atoms with Gasteiger partial charge >= 0.3 is 0 Å². The number of hydrogen-bond donors (Lipinski definition) is 1. The molecule has 0 saturated carbocycles. The first-order valence-corrected chi connectivity index (χ1v) is 7.75. The van der Waals surface area contributed by atoms with Gasteiger partial charge in [0.1, 0.15) is 22.3 Å². The van der Waals surface area contributed by atoms with Gasteiger partial charge in [0.2, 0.25) is 10.0 Å². The predicted octanol–water partition coefficient (Wildman–Crippen LogP) is 1.07. The van der Waals surface area contributed by atoms with Crippen LogP contribution in [-0.4, -0.2) is 37.9 Å². The maximum absolute atomic E-state index is 13.6. The van der Waals surface area contributed by atoms with Gasteiger partial charge in [0, 0.05) is 25.2 Å². The van der Waals surface area contributed by atoms with Gasteiger partial charge in [-0.05, 0) is 26.0 Å². The molecule has 7 heteroatoms. The van der Waals surface area contributed by atoms with Gasteiger partial charge in [-0.3, -0.25) is 0 Å². The molecule has 0 bridgehead atoms. The number of nitriles is 1. The Morgan fingerprint density at radius 3 is 2.50 bits per heavy atom. The van der Waals surface area contributed by atoms with E-state index in [1.807, 2.05) is 13.8 Å². The molecule has 1 heterocycles. The lowest BCUT2D eigenvalue weighted by Crippen LogP contribution is -2.55. The largest absolute Gasteiger partial charge is 0.309 e. The highest BCUT2D eigenvalue weighted by atomic mass is 32.2. The normalized spacial score (nSPS) is 24.3. The van der Waals surface area contributed by atoms with Crippen molar-refractivity contribution in [3.63, 3.8) is 0 Å². The third-order valence-electron chi connectivity index (χ3n) is 3.23. The smallest absolute Gasteiger partial charge is 0.244 e. The number of piperazine rings is 1. The maximum atomic E-state index is 13.6. The van der Waals surface area contributed by atoms with Crippen LogP contribution < -0.4 is 5.32 Å². The highest BCUT2D eigenvalue weighted by molar-refractivity contribution is 7.89. The van der Waals surface area contributed by atoms with Gasteiger partial charge in [0.05, 0.1) is 0 Å². The summed E-state index contributed by atoms with van der Waals surface area (Å²) in [6, 6.07) is 5.31. The van der Waals surface area contributed by atoms with Crippen LogP contribution in [0.2, 0.25) is 0 Å². The van der Waals surface area contributed by atoms with Crippen LogP contribution in [0.3, 0.4) is 0 Å². The van der Waals surface area contributed by atoms with Crippen molar-refractivity contribution in [3.05, 3.63) is 29.6 Å². The first kappa shape index (κ1) is 14.9. The number of halogens is 1. The third-order valence-corrected chi connectivity index (χ3v) is 5.10. The molecule has 0 amide bonds. The first-order chi connectivity index (χ1) is 9.36. The minimum atomic E-state index is -3.86. The molecule has 1 aromatic rings. The zero-order chi connectivity index (χ0) is 14.9. The third kappa shape index (κ3) is 2.68. The molecule has 2 unspecified atom stereocenters. The van der Waals surface area contributed by atoms with Crippen LogP contribution in [0.1, 0.15) is 19.4 Å². The van der Waals surface area contributed by atoms with E-state index in [4.69, 9.17) is 5.26 Å². The fourth-order valence-electron chi connectivity index (χ4n) is 2.44. The second kappa shape index (κ2) is 5.48. The van der Waals surface area contributed by atoms with Crippen LogP contribution in [0.5, 0.6) is 0 Å². The summed E-state index contributed by atoms with van der Waals surface area (Å²) in [5.41, 5.74) is -0.425. The summed E-state index contributed by atoms with van der Waals surface area (Å²) in [6.45, 7) is 4.37. The van der Waals surface area contributed by atoms with Crippen LogP contribution in [-0.2, 0) is 10.0 Å². The van der Waals surface area contributed by atoms with Crippen LogP contribution >= 0.6 is 0 Å². The molecule has 0 aliphatic carbocycles. The molecule has 0 spiro atoms. The van der Waals surface area contributed by atoms with Crippen molar-refractivity contribution in [1.29, 1.82) is 5.26 Å². The zero-order valence-corrected chi connectivity index (χ0v) is 12.1. The van der Waals surface area contributed by atoms with Gasteiger partial charge in [-0.2, -0.15) is 9.57 Å². The van der Waals surface area contributed by atoms with E-state index in [0.29, 0.717) is 13.1 Å². The molecule has 1 aromatic carbocycles. The van der Waals surface area contributed by atoms with E-state index >= 15 is 0 Å². The average molecular weight is 297 g/mol. The van der Waals surface area contributed by atoms with E-state index in [1.54, 1.807) is 6.07 Å². The van der Waals surface area contributed by atoms with Crippen molar-refractivity contribution in [2.75, 3.05) is 13.1 Å². The Morgan fingerprint density at radius 2 is 1.95 bits per heavy atom. The number of benzene rings is 1. The highest BCUT2D eigenvalue weighted by Crippen LogP contribution is 2.23. The molecular formula is C13H16FN3O2S. The van der Waals surface area contributed by atoms with Gasteiger partial charge in [-0.25, -0.2) is 12.8 Å². The Morgan fingerprint density at radius 1 is 1.35 bits per heavy atom. The standard InChI is InChI=1S/C13H16FN3O2S/c1-9-7-17(8-10(2)16-9)20(18,19)13-5-3-4-12(14)11(13)6-15/h3-5,9-10,16H,7-8H2,1-2H3. The monoisotopic (exact) mass is 297 g/mol. The number of nitrogens with one attached hydrogen (secondary N) is 1. The second-order valence-corrected chi connectivity index (χ2v) is 6.92. The molecule has 0 radical (unpaired) electrons. The molecule has 1 aliphatic heterocycles. The Bertz CT molecular complexity index is 644. The predicted molar refractivity (Wildman–Crippen MR) is 71.9 cm³/mol. The van der Waals surface area contributed by atoms with Crippen molar-refractivity contribution in [1.82, 2.24) is 9.62 Å². The van der Waals surface area contributed by atoms with Gasteiger partial charge in [-0.1, -0.05) is 6.07 Å². The number of hydrogen-bond acceptors (Lipinski definition) is 4. The average Bonchev–Trinajstić information content (AvgIpc) is 2.37. The first-order valence-electron chi connectivity index (χ1n) is 6.31. The van der Waals surface area contributed by atoms with Crippen molar-refractivity contribution < 1.29 is 12.8 Å². The van der Waals surface area contributed by atoms with Crippen LogP contribution in [0, 0.1) is 17.1 Å². The van der Waals surface area contributed by atoms with E-state index in [1.165, 1.54) is 16.4 Å². The molecule has 1 aliphatic rings. The van der Waals surface area contributed by atoms with Gasteiger partial charge in [0.15, 0.2) is 0 Å². The molecule has 0 aromatic heterocycles. The van der Waals surface area contributed by atoms with Gasteiger partial charge < -0.3 is 5.32 Å². The van der Waals surface area contributed by atoms with E-state index in [-0.39, 0.29) is 17.0 Å². The quantitative estimate of drug-likeness (QED) is 0.886. The van der Waals surface area contributed by atoms with Crippen molar-refractivity contribution in [2.24, 2.45) is 0 Å². The molecule has 20 heavy (non-hydrogen) atoms. The highest BCUT2D eigenvalue weighted by Gasteiger charge is 2.33. The van der Waals surface area contributed by atoms with E-state index < -0.39 is 21.4 Å². The number of nitrogens with zero attached hydrogens (tertiary/aromatic N) is 2. The van der Waals surface area contributed by atoms with Gasteiger partial charge in [-0.15, -0.1) is 0 Å². The molecule has 1 fully saturated rings.